The number of fused-ring (bicyclic) bond motifs is 2. The third kappa shape index (κ3) is 6.66. The van der Waals surface area contributed by atoms with Crippen molar-refractivity contribution in [1.82, 2.24) is 0 Å². The molecule has 0 amide bonds. The van der Waals surface area contributed by atoms with Crippen molar-refractivity contribution < 1.29 is 14.6 Å². The number of aliphatic carboxylic acids is 1. The molecule has 0 radical (unpaired) electrons. The highest BCUT2D eigenvalue weighted by Crippen LogP contribution is 2.47. The van der Waals surface area contributed by atoms with Gasteiger partial charge >= 0.3 is 5.97 Å². The van der Waals surface area contributed by atoms with Crippen molar-refractivity contribution in [2.45, 2.75) is 75.7 Å². The third-order valence-corrected chi connectivity index (χ3v) is 7.23. The number of benzene rings is 1. The van der Waals surface area contributed by atoms with Gasteiger partial charge in [0.05, 0.1) is 12.2 Å². The lowest BCUT2D eigenvalue weighted by Gasteiger charge is -2.27. The molecule has 154 valence electrons. The van der Waals surface area contributed by atoms with Gasteiger partial charge in [-0.25, -0.2) is 0 Å². The zero-order valence-corrected chi connectivity index (χ0v) is 17.6. The third-order valence-electron chi connectivity index (χ3n) is 6.11. The zero-order valence-electron chi connectivity index (χ0n) is 16.8. The fraction of sp³-hybridized carbons (Fsp3) is 0.625. The molecule has 2 heterocycles. The molecule has 2 fully saturated rings. The Balaban J connectivity index is 1.31. The first kappa shape index (κ1) is 21.4. The van der Waals surface area contributed by atoms with E-state index in [1.165, 1.54) is 43.4 Å². The Kier molecular flexibility index (Phi) is 8.94. The summed E-state index contributed by atoms with van der Waals surface area (Å²) in [6.45, 7) is 0. The molecule has 1 aromatic rings. The minimum atomic E-state index is -0.697. The van der Waals surface area contributed by atoms with Crippen molar-refractivity contribution in [2.75, 3.05) is 5.75 Å². The van der Waals surface area contributed by atoms with Crippen LogP contribution < -0.4 is 0 Å². The molecule has 0 aliphatic carbocycles. The second kappa shape index (κ2) is 11.7. The van der Waals surface area contributed by atoms with Crippen LogP contribution in [0, 0.1) is 11.8 Å². The number of thioether (sulfide) groups is 1. The molecule has 1 aromatic carbocycles. The first-order chi connectivity index (χ1) is 13.7. The van der Waals surface area contributed by atoms with Crippen molar-refractivity contribution in [3.8, 4) is 0 Å². The number of carboxylic acids is 1. The fourth-order valence-electron chi connectivity index (χ4n) is 4.69. The largest absolute Gasteiger partial charge is 0.481 e. The van der Waals surface area contributed by atoms with Gasteiger partial charge in [-0.05, 0) is 68.1 Å². The molecule has 2 saturated heterocycles. The summed E-state index contributed by atoms with van der Waals surface area (Å²) in [6.07, 6.45) is 14.8. The van der Waals surface area contributed by atoms with E-state index in [2.05, 4.69) is 42.5 Å². The van der Waals surface area contributed by atoms with Crippen molar-refractivity contribution in [3.05, 3.63) is 48.0 Å². The summed E-state index contributed by atoms with van der Waals surface area (Å²) in [6, 6.07) is 10.7. The van der Waals surface area contributed by atoms with Crippen LogP contribution in [0.25, 0.3) is 0 Å². The van der Waals surface area contributed by atoms with Crippen LogP contribution >= 0.6 is 11.8 Å². The molecule has 2 bridgehead atoms. The van der Waals surface area contributed by atoms with Gasteiger partial charge in [-0.2, -0.15) is 11.8 Å². The molecule has 2 aliphatic rings. The van der Waals surface area contributed by atoms with Crippen molar-refractivity contribution >= 4 is 17.7 Å². The van der Waals surface area contributed by atoms with Crippen molar-refractivity contribution in [3.63, 3.8) is 0 Å². The molecule has 3 nitrogen and oxygen atoms in total. The Bertz CT molecular complexity index is 616. The van der Waals surface area contributed by atoms with E-state index in [1.807, 2.05) is 11.8 Å². The minimum Gasteiger partial charge on any atom is -0.481 e. The zero-order chi connectivity index (χ0) is 19.6. The van der Waals surface area contributed by atoms with E-state index in [0.29, 0.717) is 18.1 Å². The highest BCUT2D eigenvalue weighted by atomic mass is 32.2. The summed E-state index contributed by atoms with van der Waals surface area (Å²) < 4.78 is 6.23. The van der Waals surface area contributed by atoms with E-state index in [4.69, 9.17) is 9.84 Å². The lowest BCUT2D eigenvalue weighted by molar-refractivity contribution is -0.137. The Morgan fingerprint density at radius 2 is 1.86 bits per heavy atom. The van der Waals surface area contributed by atoms with Crippen LogP contribution in [0.5, 0.6) is 0 Å². The van der Waals surface area contributed by atoms with Crippen molar-refractivity contribution in [2.24, 2.45) is 11.8 Å². The number of unbranched alkanes of at least 4 members (excludes halogenated alkanes) is 2. The summed E-state index contributed by atoms with van der Waals surface area (Å²) in [5.74, 6) is 3.06. The second-order valence-electron chi connectivity index (χ2n) is 8.15. The maximum absolute atomic E-state index is 10.6. The standard InChI is InChI=1S/C24H34O3S/c25-24(26)14-7-2-1-6-12-20-21(23-16-15-22(20)27-23)13-8-9-17-28-18-19-10-4-3-5-11-19/h1,3-6,10-11,20-23H,2,7-9,12-18H2,(H,25,26)/b6-1-/t20-,21+,22-,23+/m1/s1. The summed E-state index contributed by atoms with van der Waals surface area (Å²) in [5, 5.41) is 8.70. The number of carboxylic acid groups (broad SMARTS) is 1. The van der Waals surface area contributed by atoms with Gasteiger partial charge in [-0.15, -0.1) is 0 Å². The number of rotatable bonds is 13. The van der Waals surface area contributed by atoms with Gasteiger partial charge in [0, 0.05) is 12.2 Å². The SMILES string of the molecule is O=C(O)CCC/C=C\C[C@@H]1[C@H](CCCCSCc2ccccc2)[C@@H]2CC[C@H]1O2. The smallest absolute Gasteiger partial charge is 0.303 e. The van der Waals surface area contributed by atoms with Crippen LogP contribution in [0.4, 0.5) is 0 Å². The molecule has 4 atom stereocenters. The average Bonchev–Trinajstić information content (AvgIpc) is 3.30. The maximum atomic E-state index is 10.6. The van der Waals surface area contributed by atoms with Crippen molar-refractivity contribution in [1.29, 1.82) is 0 Å². The molecule has 2 aliphatic heterocycles. The van der Waals surface area contributed by atoms with Crippen LogP contribution in [0.2, 0.25) is 0 Å². The van der Waals surface area contributed by atoms with Gasteiger partial charge < -0.3 is 9.84 Å². The predicted molar refractivity (Wildman–Crippen MR) is 117 cm³/mol. The van der Waals surface area contributed by atoms with Gasteiger partial charge in [0.15, 0.2) is 0 Å². The average molecular weight is 403 g/mol. The Morgan fingerprint density at radius 3 is 2.64 bits per heavy atom. The lowest BCUT2D eigenvalue weighted by Crippen LogP contribution is -2.26. The molecule has 1 N–H and O–H groups in total. The van der Waals surface area contributed by atoms with E-state index < -0.39 is 5.97 Å². The van der Waals surface area contributed by atoms with E-state index in [9.17, 15) is 4.79 Å². The van der Waals surface area contributed by atoms with Crippen LogP contribution in [0.3, 0.4) is 0 Å². The molecule has 3 rings (SSSR count). The lowest BCUT2D eigenvalue weighted by atomic mass is 9.75. The Labute approximate surface area is 173 Å². The first-order valence-electron chi connectivity index (χ1n) is 10.9. The number of hydrogen-bond acceptors (Lipinski definition) is 3. The maximum Gasteiger partial charge on any atom is 0.303 e. The van der Waals surface area contributed by atoms with E-state index >= 15 is 0 Å². The number of hydrogen-bond donors (Lipinski definition) is 1. The Morgan fingerprint density at radius 1 is 1.07 bits per heavy atom. The number of carbonyl (C=O) groups is 1. The van der Waals surface area contributed by atoms with Gasteiger partial charge in [-0.1, -0.05) is 48.9 Å². The highest BCUT2D eigenvalue weighted by molar-refractivity contribution is 7.98. The number of allylic oxidation sites excluding steroid dienone is 2. The van der Waals surface area contributed by atoms with Crippen LogP contribution in [0.1, 0.15) is 63.4 Å². The van der Waals surface area contributed by atoms with E-state index in [1.54, 1.807) is 0 Å². The summed E-state index contributed by atoms with van der Waals surface area (Å²) in [5.41, 5.74) is 1.42. The normalized spacial score (nSPS) is 26.3. The van der Waals surface area contributed by atoms with Gasteiger partial charge in [0.25, 0.3) is 0 Å². The monoisotopic (exact) mass is 402 g/mol. The summed E-state index contributed by atoms with van der Waals surface area (Å²) in [4.78, 5) is 10.6. The fourth-order valence-corrected chi connectivity index (χ4v) is 5.67. The molecule has 0 unspecified atom stereocenters. The van der Waals surface area contributed by atoms with Gasteiger partial charge in [0.1, 0.15) is 0 Å². The van der Waals surface area contributed by atoms with Crippen LogP contribution in [0.15, 0.2) is 42.5 Å². The van der Waals surface area contributed by atoms with Gasteiger partial charge in [0.2, 0.25) is 0 Å². The predicted octanol–water partition coefficient (Wildman–Crippen LogP) is 6.08. The van der Waals surface area contributed by atoms with Crippen LogP contribution in [-0.4, -0.2) is 29.0 Å². The topological polar surface area (TPSA) is 46.5 Å². The van der Waals surface area contributed by atoms with Gasteiger partial charge in [-0.3, -0.25) is 4.79 Å². The molecule has 0 spiro atoms. The van der Waals surface area contributed by atoms with E-state index in [-0.39, 0.29) is 6.42 Å². The summed E-state index contributed by atoms with van der Waals surface area (Å²) >= 11 is 2.04. The first-order valence-corrected chi connectivity index (χ1v) is 12.0. The second-order valence-corrected chi connectivity index (χ2v) is 9.25. The summed E-state index contributed by atoms with van der Waals surface area (Å²) in [7, 11) is 0. The Hall–Kier alpha value is -1.26. The molecular formula is C24H34O3S. The minimum absolute atomic E-state index is 0.270. The quantitative estimate of drug-likeness (QED) is 0.320. The number of ether oxygens (including phenoxy) is 1. The molecular weight excluding hydrogens is 368 g/mol. The van der Waals surface area contributed by atoms with Crippen LogP contribution in [-0.2, 0) is 15.3 Å². The molecule has 28 heavy (non-hydrogen) atoms. The molecule has 0 aromatic heterocycles. The molecule has 0 saturated carbocycles. The van der Waals surface area contributed by atoms with E-state index in [0.717, 1.165) is 30.9 Å². The molecule has 4 heteroatoms. The highest BCUT2D eigenvalue weighted by Gasteiger charge is 2.47.